The first-order valence-electron chi connectivity index (χ1n) is 6.06. The van der Waals surface area contributed by atoms with E-state index in [1.807, 2.05) is 12.1 Å². The van der Waals surface area contributed by atoms with Crippen LogP contribution in [0.2, 0.25) is 0 Å². The molecule has 0 aliphatic rings. The summed E-state index contributed by atoms with van der Waals surface area (Å²) in [6.45, 7) is 0.183. The van der Waals surface area contributed by atoms with Gasteiger partial charge in [0, 0.05) is 15.7 Å². The molecule has 0 aliphatic heterocycles. The van der Waals surface area contributed by atoms with E-state index in [0.29, 0.717) is 11.1 Å². The van der Waals surface area contributed by atoms with Crippen LogP contribution in [0.1, 0.15) is 21.5 Å². The fraction of sp³-hybridized carbons (Fsp3) is 0.133. The van der Waals surface area contributed by atoms with Gasteiger partial charge in [-0.3, -0.25) is 4.79 Å². The topological polar surface area (TPSA) is 29.1 Å². The van der Waals surface area contributed by atoms with Crippen molar-refractivity contribution >= 4 is 28.5 Å². The maximum Gasteiger partial charge on any atom is 0.416 e. The average molecular weight is 405 g/mol. The molecule has 21 heavy (non-hydrogen) atoms. The number of carbonyl (C=O) groups excluding carboxylic acids is 1. The molecule has 0 saturated carbocycles. The van der Waals surface area contributed by atoms with Crippen molar-refractivity contribution in [2.75, 3.05) is 0 Å². The van der Waals surface area contributed by atoms with Crippen molar-refractivity contribution in [3.05, 3.63) is 68.8 Å². The summed E-state index contributed by atoms with van der Waals surface area (Å²) < 4.78 is 38.3. The molecule has 0 radical (unpaired) electrons. The van der Waals surface area contributed by atoms with Crippen molar-refractivity contribution < 1.29 is 18.0 Å². The highest BCUT2D eigenvalue weighted by atomic mass is 127. The maximum absolute atomic E-state index is 12.4. The zero-order valence-electron chi connectivity index (χ0n) is 10.7. The van der Waals surface area contributed by atoms with Crippen molar-refractivity contribution in [3.8, 4) is 0 Å². The van der Waals surface area contributed by atoms with Crippen molar-refractivity contribution in [1.82, 2.24) is 5.32 Å². The minimum Gasteiger partial charge on any atom is -0.348 e. The van der Waals surface area contributed by atoms with Gasteiger partial charge in [-0.1, -0.05) is 12.1 Å². The van der Waals surface area contributed by atoms with Gasteiger partial charge in [-0.05, 0) is 64.6 Å². The van der Waals surface area contributed by atoms with Gasteiger partial charge in [0.1, 0.15) is 0 Å². The highest BCUT2D eigenvalue weighted by Gasteiger charge is 2.29. The number of alkyl halides is 3. The largest absolute Gasteiger partial charge is 0.416 e. The molecule has 0 saturated heterocycles. The van der Waals surface area contributed by atoms with Crippen LogP contribution in [-0.4, -0.2) is 5.91 Å². The second-order valence-corrected chi connectivity index (χ2v) is 5.63. The quantitative estimate of drug-likeness (QED) is 0.761. The molecule has 6 heteroatoms. The van der Waals surface area contributed by atoms with E-state index < -0.39 is 11.7 Å². The standard InChI is InChI=1S/C15H11F3INO/c16-15(17,18)12-5-1-10(2-6-12)9-20-14(21)11-3-7-13(19)8-4-11/h1-8H,9H2,(H,20,21). The van der Waals surface area contributed by atoms with Gasteiger partial charge in [0.05, 0.1) is 5.56 Å². The molecule has 110 valence electrons. The highest BCUT2D eigenvalue weighted by molar-refractivity contribution is 14.1. The second-order valence-electron chi connectivity index (χ2n) is 4.38. The van der Waals surface area contributed by atoms with Crippen LogP contribution >= 0.6 is 22.6 Å². The third kappa shape index (κ3) is 4.45. The lowest BCUT2D eigenvalue weighted by molar-refractivity contribution is -0.137. The minimum absolute atomic E-state index is 0.183. The van der Waals surface area contributed by atoms with E-state index in [1.54, 1.807) is 12.1 Å². The van der Waals surface area contributed by atoms with Gasteiger partial charge in [-0.25, -0.2) is 0 Å². The Morgan fingerprint density at radius 3 is 2.10 bits per heavy atom. The fourth-order valence-electron chi connectivity index (χ4n) is 1.70. The van der Waals surface area contributed by atoms with E-state index in [2.05, 4.69) is 27.9 Å². The van der Waals surface area contributed by atoms with Crippen LogP contribution < -0.4 is 5.32 Å². The van der Waals surface area contributed by atoms with Gasteiger partial charge < -0.3 is 5.32 Å². The molecule has 0 bridgehead atoms. The smallest absolute Gasteiger partial charge is 0.348 e. The predicted molar refractivity (Wildman–Crippen MR) is 81.8 cm³/mol. The van der Waals surface area contributed by atoms with Gasteiger partial charge in [0.2, 0.25) is 0 Å². The molecule has 0 atom stereocenters. The molecule has 2 nitrogen and oxygen atoms in total. The summed E-state index contributed by atoms with van der Waals surface area (Å²) >= 11 is 2.14. The van der Waals surface area contributed by atoms with Gasteiger partial charge in [-0.15, -0.1) is 0 Å². The molecular formula is C15H11F3INO. The van der Waals surface area contributed by atoms with E-state index in [0.717, 1.165) is 15.7 Å². The Bertz CT molecular complexity index is 621. The Morgan fingerprint density at radius 2 is 1.57 bits per heavy atom. The first kappa shape index (κ1) is 15.8. The van der Waals surface area contributed by atoms with E-state index in [-0.39, 0.29) is 12.5 Å². The molecule has 0 unspecified atom stereocenters. The number of halogens is 4. The zero-order valence-corrected chi connectivity index (χ0v) is 12.9. The molecule has 2 aromatic rings. The van der Waals surface area contributed by atoms with Crippen molar-refractivity contribution in [1.29, 1.82) is 0 Å². The third-order valence-electron chi connectivity index (χ3n) is 2.84. The number of hydrogen-bond acceptors (Lipinski definition) is 1. The molecule has 0 aromatic heterocycles. The van der Waals surface area contributed by atoms with Crippen LogP contribution in [0.5, 0.6) is 0 Å². The van der Waals surface area contributed by atoms with Crippen LogP contribution in [0.4, 0.5) is 13.2 Å². The number of amides is 1. The summed E-state index contributed by atoms with van der Waals surface area (Å²) in [6, 6.07) is 11.8. The van der Waals surface area contributed by atoms with Gasteiger partial charge in [0.25, 0.3) is 5.91 Å². The average Bonchev–Trinajstić information content (AvgIpc) is 2.45. The lowest BCUT2D eigenvalue weighted by Crippen LogP contribution is -2.22. The number of rotatable bonds is 3. The molecule has 0 fully saturated rings. The predicted octanol–water partition coefficient (Wildman–Crippen LogP) is 4.24. The lowest BCUT2D eigenvalue weighted by atomic mass is 10.1. The first-order chi connectivity index (χ1) is 9.86. The van der Waals surface area contributed by atoms with Crippen LogP contribution in [0.25, 0.3) is 0 Å². The molecule has 0 spiro atoms. The van der Waals surface area contributed by atoms with E-state index in [4.69, 9.17) is 0 Å². The molecule has 1 N–H and O–H groups in total. The monoisotopic (exact) mass is 405 g/mol. The van der Waals surface area contributed by atoms with Crippen LogP contribution in [0.3, 0.4) is 0 Å². The summed E-state index contributed by atoms with van der Waals surface area (Å²) in [4.78, 5) is 11.9. The second kappa shape index (κ2) is 6.46. The zero-order chi connectivity index (χ0) is 15.5. The van der Waals surface area contributed by atoms with Gasteiger partial charge in [-0.2, -0.15) is 13.2 Å². The van der Waals surface area contributed by atoms with Gasteiger partial charge >= 0.3 is 6.18 Å². The Morgan fingerprint density at radius 1 is 1.00 bits per heavy atom. The summed E-state index contributed by atoms with van der Waals surface area (Å²) in [6.07, 6.45) is -4.34. The molecule has 0 heterocycles. The molecule has 2 rings (SSSR count). The molecular weight excluding hydrogens is 394 g/mol. The Hall–Kier alpha value is -1.57. The van der Waals surface area contributed by atoms with Crippen LogP contribution in [0, 0.1) is 3.57 Å². The number of carbonyl (C=O) groups is 1. The summed E-state index contributed by atoms with van der Waals surface area (Å²) in [5.41, 5.74) is 0.430. The van der Waals surface area contributed by atoms with E-state index >= 15 is 0 Å². The Balaban J connectivity index is 1.97. The Kier molecular flexibility index (Phi) is 4.87. The maximum atomic E-state index is 12.4. The summed E-state index contributed by atoms with van der Waals surface area (Å²) in [7, 11) is 0. The number of hydrogen-bond donors (Lipinski definition) is 1. The van der Waals surface area contributed by atoms with E-state index in [9.17, 15) is 18.0 Å². The Labute approximate surface area is 133 Å². The van der Waals surface area contributed by atoms with Crippen molar-refractivity contribution in [2.24, 2.45) is 0 Å². The van der Waals surface area contributed by atoms with Gasteiger partial charge in [0.15, 0.2) is 0 Å². The number of nitrogens with one attached hydrogen (secondary N) is 1. The first-order valence-corrected chi connectivity index (χ1v) is 7.14. The normalized spacial score (nSPS) is 11.2. The van der Waals surface area contributed by atoms with Crippen LogP contribution in [0.15, 0.2) is 48.5 Å². The summed E-state index contributed by atoms with van der Waals surface area (Å²) in [5.74, 6) is -0.258. The molecule has 1 amide bonds. The van der Waals surface area contributed by atoms with Crippen molar-refractivity contribution in [2.45, 2.75) is 12.7 Å². The SMILES string of the molecule is O=C(NCc1ccc(C(F)(F)F)cc1)c1ccc(I)cc1. The fourth-order valence-corrected chi connectivity index (χ4v) is 2.06. The molecule has 0 aliphatic carbocycles. The van der Waals surface area contributed by atoms with Crippen LogP contribution in [-0.2, 0) is 12.7 Å². The third-order valence-corrected chi connectivity index (χ3v) is 3.56. The number of benzene rings is 2. The minimum atomic E-state index is -4.34. The highest BCUT2D eigenvalue weighted by Crippen LogP contribution is 2.29. The van der Waals surface area contributed by atoms with E-state index in [1.165, 1.54) is 12.1 Å². The van der Waals surface area contributed by atoms with Crippen molar-refractivity contribution in [3.63, 3.8) is 0 Å². The molecule has 2 aromatic carbocycles. The lowest BCUT2D eigenvalue weighted by Gasteiger charge is -2.08. The summed E-state index contributed by atoms with van der Waals surface area (Å²) in [5, 5.41) is 2.67.